The zero-order chi connectivity index (χ0) is 16.5. The van der Waals surface area contributed by atoms with Crippen molar-refractivity contribution >= 4 is 5.91 Å². The van der Waals surface area contributed by atoms with E-state index in [1.807, 2.05) is 29.2 Å². The van der Waals surface area contributed by atoms with Gasteiger partial charge in [0.2, 0.25) is 5.91 Å². The minimum atomic E-state index is -0.192. The van der Waals surface area contributed by atoms with Crippen LogP contribution in [0.3, 0.4) is 0 Å². The van der Waals surface area contributed by atoms with Crippen molar-refractivity contribution in [3.63, 3.8) is 0 Å². The van der Waals surface area contributed by atoms with Crippen LogP contribution in [-0.4, -0.2) is 35.1 Å². The monoisotopic (exact) mass is 326 g/mol. The van der Waals surface area contributed by atoms with Crippen molar-refractivity contribution in [2.75, 3.05) is 13.7 Å². The van der Waals surface area contributed by atoms with Crippen LogP contribution in [0.15, 0.2) is 42.6 Å². The maximum atomic E-state index is 12.8. The van der Waals surface area contributed by atoms with Crippen molar-refractivity contribution in [3.8, 4) is 5.75 Å². The highest BCUT2D eigenvalue weighted by Crippen LogP contribution is 2.26. The molecular formula is C18H22N4O2. The van der Waals surface area contributed by atoms with Crippen molar-refractivity contribution in [1.29, 1.82) is 0 Å². The van der Waals surface area contributed by atoms with Crippen LogP contribution in [0, 0.1) is 0 Å². The summed E-state index contributed by atoms with van der Waals surface area (Å²) >= 11 is 0. The number of amides is 1. The topological polar surface area (TPSA) is 58.5 Å². The number of methoxy groups -OCH3 is 1. The summed E-state index contributed by atoms with van der Waals surface area (Å²) in [5, 5.41) is 0. The number of hydrogen-bond donors (Lipinski definition) is 2. The van der Waals surface area contributed by atoms with Crippen molar-refractivity contribution in [2.24, 2.45) is 0 Å². The SMILES string of the molecule is COc1cccc(C2CC(C(=O)N3CCn4cccc4C3)NN2)c1. The average Bonchev–Trinajstić information content (AvgIpc) is 3.29. The molecule has 3 heterocycles. The summed E-state index contributed by atoms with van der Waals surface area (Å²) < 4.78 is 7.50. The molecular weight excluding hydrogens is 304 g/mol. The summed E-state index contributed by atoms with van der Waals surface area (Å²) in [6, 6.07) is 12.0. The van der Waals surface area contributed by atoms with E-state index in [4.69, 9.17) is 4.74 Å². The van der Waals surface area contributed by atoms with E-state index in [0.717, 1.165) is 30.8 Å². The highest BCUT2D eigenvalue weighted by atomic mass is 16.5. The van der Waals surface area contributed by atoms with Crippen molar-refractivity contribution < 1.29 is 9.53 Å². The fraction of sp³-hybridized carbons (Fsp3) is 0.389. The largest absolute Gasteiger partial charge is 0.497 e. The Bertz CT molecular complexity index is 742. The van der Waals surface area contributed by atoms with E-state index in [2.05, 4.69) is 33.7 Å². The second-order valence-corrected chi connectivity index (χ2v) is 6.36. The van der Waals surface area contributed by atoms with Gasteiger partial charge in [-0.15, -0.1) is 0 Å². The van der Waals surface area contributed by atoms with Gasteiger partial charge in [-0.3, -0.25) is 4.79 Å². The van der Waals surface area contributed by atoms with Crippen LogP contribution < -0.4 is 15.6 Å². The summed E-state index contributed by atoms with van der Waals surface area (Å²) in [7, 11) is 1.66. The second kappa shape index (κ2) is 6.30. The molecule has 2 aliphatic heterocycles. The number of ether oxygens (including phenoxy) is 1. The molecule has 1 saturated heterocycles. The number of nitrogens with zero attached hydrogens (tertiary/aromatic N) is 2. The first kappa shape index (κ1) is 15.2. The van der Waals surface area contributed by atoms with E-state index in [0.29, 0.717) is 6.54 Å². The molecule has 0 radical (unpaired) electrons. The average molecular weight is 326 g/mol. The molecule has 1 aromatic carbocycles. The van der Waals surface area contributed by atoms with Gasteiger partial charge in [0, 0.05) is 31.0 Å². The number of hydrogen-bond acceptors (Lipinski definition) is 4. The minimum absolute atomic E-state index is 0.114. The maximum Gasteiger partial charge on any atom is 0.241 e. The fourth-order valence-electron chi connectivity index (χ4n) is 3.52. The predicted octanol–water partition coefficient (Wildman–Crippen LogP) is 1.45. The van der Waals surface area contributed by atoms with E-state index in [1.54, 1.807) is 7.11 Å². The summed E-state index contributed by atoms with van der Waals surface area (Å²) in [4.78, 5) is 14.8. The summed E-state index contributed by atoms with van der Waals surface area (Å²) in [6.45, 7) is 2.32. The Morgan fingerprint density at radius 2 is 2.12 bits per heavy atom. The van der Waals surface area contributed by atoms with Gasteiger partial charge in [-0.2, -0.15) is 0 Å². The number of nitrogens with one attached hydrogen (secondary N) is 2. The Morgan fingerprint density at radius 1 is 1.21 bits per heavy atom. The van der Waals surface area contributed by atoms with Crippen molar-refractivity contribution in [2.45, 2.75) is 31.6 Å². The molecule has 6 heteroatoms. The number of benzene rings is 1. The number of aromatic nitrogens is 1. The molecule has 1 amide bonds. The van der Waals surface area contributed by atoms with Crippen LogP contribution in [0.5, 0.6) is 5.75 Å². The van der Waals surface area contributed by atoms with Gasteiger partial charge in [0.25, 0.3) is 0 Å². The molecule has 0 spiro atoms. The van der Waals surface area contributed by atoms with Gasteiger partial charge >= 0.3 is 0 Å². The third-order valence-corrected chi connectivity index (χ3v) is 4.90. The zero-order valence-corrected chi connectivity index (χ0v) is 13.7. The third kappa shape index (κ3) is 2.79. The van der Waals surface area contributed by atoms with E-state index >= 15 is 0 Å². The number of carbonyl (C=O) groups is 1. The molecule has 24 heavy (non-hydrogen) atoms. The molecule has 2 atom stereocenters. The Hall–Kier alpha value is -2.31. The van der Waals surface area contributed by atoms with Crippen LogP contribution in [0.1, 0.15) is 23.7 Å². The number of fused-ring (bicyclic) bond motifs is 1. The maximum absolute atomic E-state index is 12.8. The van der Waals surface area contributed by atoms with Crippen LogP contribution in [-0.2, 0) is 17.9 Å². The van der Waals surface area contributed by atoms with Gasteiger partial charge in [0.1, 0.15) is 11.8 Å². The lowest BCUT2D eigenvalue weighted by Crippen LogP contribution is -2.48. The van der Waals surface area contributed by atoms with Gasteiger partial charge in [-0.1, -0.05) is 12.1 Å². The second-order valence-electron chi connectivity index (χ2n) is 6.36. The van der Waals surface area contributed by atoms with Gasteiger partial charge < -0.3 is 14.2 Å². The Balaban J connectivity index is 1.42. The number of rotatable bonds is 3. The van der Waals surface area contributed by atoms with E-state index < -0.39 is 0 Å². The van der Waals surface area contributed by atoms with Gasteiger partial charge in [0.15, 0.2) is 0 Å². The predicted molar refractivity (Wildman–Crippen MR) is 90.3 cm³/mol. The molecule has 2 aromatic rings. The fourth-order valence-corrected chi connectivity index (χ4v) is 3.52. The van der Waals surface area contributed by atoms with E-state index in [9.17, 15) is 4.79 Å². The standard InChI is InChI=1S/C18H22N4O2/c1-24-15-6-2-4-13(10-15)16-11-17(20-19-16)18(23)22-9-8-21-7-3-5-14(21)12-22/h2-7,10,16-17,19-20H,8-9,11-12H2,1H3. The van der Waals surface area contributed by atoms with Gasteiger partial charge in [-0.05, 0) is 36.2 Å². The lowest BCUT2D eigenvalue weighted by molar-refractivity contribution is -0.134. The Morgan fingerprint density at radius 3 is 3.00 bits per heavy atom. The quantitative estimate of drug-likeness (QED) is 0.896. The summed E-state index contributed by atoms with van der Waals surface area (Å²) in [5.41, 5.74) is 8.75. The highest BCUT2D eigenvalue weighted by molar-refractivity contribution is 5.82. The molecule has 2 aliphatic rings. The number of hydrazine groups is 1. The van der Waals surface area contributed by atoms with Crippen molar-refractivity contribution in [1.82, 2.24) is 20.3 Å². The molecule has 2 unspecified atom stereocenters. The summed E-state index contributed by atoms with van der Waals surface area (Å²) in [6.07, 6.45) is 2.81. The lowest BCUT2D eigenvalue weighted by atomic mass is 10.0. The first-order valence-corrected chi connectivity index (χ1v) is 8.32. The van der Waals surface area contributed by atoms with Crippen molar-refractivity contribution in [3.05, 3.63) is 53.9 Å². The molecule has 4 rings (SSSR count). The van der Waals surface area contributed by atoms with Crippen LogP contribution in [0.4, 0.5) is 0 Å². The molecule has 0 saturated carbocycles. The van der Waals surface area contributed by atoms with Gasteiger partial charge in [0.05, 0.1) is 13.7 Å². The third-order valence-electron chi connectivity index (χ3n) is 4.90. The van der Waals surface area contributed by atoms with E-state index in [1.165, 1.54) is 5.69 Å². The van der Waals surface area contributed by atoms with Gasteiger partial charge in [-0.25, -0.2) is 10.9 Å². The first-order valence-electron chi connectivity index (χ1n) is 8.32. The molecule has 0 aliphatic carbocycles. The smallest absolute Gasteiger partial charge is 0.241 e. The molecule has 1 fully saturated rings. The zero-order valence-electron chi connectivity index (χ0n) is 13.7. The Labute approximate surface area is 141 Å². The highest BCUT2D eigenvalue weighted by Gasteiger charge is 2.34. The minimum Gasteiger partial charge on any atom is -0.497 e. The number of carbonyl (C=O) groups excluding carboxylic acids is 1. The lowest BCUT2D eigenvalue weighted by Gasteiger charge is -2.30. The van der Waals surface area contributed by atoms with E-state index in [-0.39, 0.29) is 18.0 Å². The molecule has 0 bridgehead atoms. The summed E-state index contributed by atoms with van der Waals surface area (Å²) in [5.74, 6) is 1.00. The molecule has 1 aromatic heterocycles. The molecule has 2 N–H and O–H groups in total. The molecule has 6 nitrogen and oxygen atoms in total. The first-order chi connectivity index (χ1) is 11.7. The van der Waals surface area contributed by atoms with Crippen LogP contribution >= 0.6 is 0 Å². The molecule has 126 valence electrons. The normalized spacial score (nSPS) is 23.1. The Kier molecular flexibility index (Phi) is 4.00. The van der Waals surface area contributed by atoms with Crippen LogP contribution in [0.2, 0.25) is 0 Å². The van der Waals surface area contributed by atoms with Crippen LogP contribution in [0.25, 0.3) is 0 Å².